The van der Waals surface area contributed by atoms with E-state index < -0.39 is 0 Å². The van der Waals surface area contributed by atoms with Crippen LogP contribution in [0.15, 0.2) is 27.6 Å². The average molecular weight is 281 g/mol. The Morgan fingerprint density at radius 2 is 2.25 bits per heavy atom. The number of H-pyrrole nitrogens is 1. The molecule has 0 spiro atoms. The smallest absolute Gasteiger partial charge is 0.262 e. The van der Waals surface area contributed by atoms with Crippen LogP contribution in [-0.4, -0.2) is 9.97 Å². The second kappa shape index (κ2) is 4.37. The van der Waals surface area contributed by atoms with Crippen LogP contribution in [0.4, 0.5) is 0 Å². The molecular formula is C12H13BrN2O. The van der Waals surface area contributed by atoms with Gasteiger partial charge in [0.2, 0.25) is 0 Å². The molecule has 0 fully saturated rings. The van der Waals surface area contributed by atoms with E-state index in [9.17, 15) is 4.79 Å². The molecule has 0 radical (unpaired) electrons. The normalized spacial score (nSPS) is 11.2. The minimum atomic E-state index is -0.103. The first-order chi connectivity index (χ1) is 7.58. The monoisotopic (exact) mass is 280 g/mol. The minimum Gasteiger partial charge on any atom is -0.321 e. The minimum absolute atomic E-state index is 0.103. The van der Waals surface area contributed by atoms with Crippen LogP contribution in [0.2, 0.25) is 0 Å². The van der Waals surface area contributed by atoms with Gasteiger partial charge in [0, 0.05) is 17.3 Å². The van der Waals surface area contributed by atoms with Gasteiger partial charge in [-0.2, -0.15) is 0 Å². The third kappa shape index (κ3) is 2.16. The van der Waals surface area contributed by atoms with E-state index in [0.717, 1.165) is 23.0 Å². The number of pyridine rings is 2. The van der Waals surface area contributed by atoms with E-state index in [1.165, 1.54) is 0 Å². The summed E-state index contributed by atoms with van der Waals surface area (Å²) in [6, 6.07) is 3.67. The Bertz CT molecular complexity index is 575. The van der Waals surface area contributed by atoms with Crippen LogP contribution >= 0.6 is 15.9 Å². The van der Waals surface area contributed by atoms with Crippen LogP contribution in [0.3, 0.4) is 0 Å². The molecular weight excluding hydrogens is 268 g/mol. The van der Waals surface area contributed by atoms with E-state index in [1.807, 2.05) is 12.1 Å². The van der Waals surface area contributed by atoms with Gasteiger partial charge in [0.15, 0.2) is 0 Å². The molecule has 2 aromatic heterocycles. The number of hydrogen-bond donors (Lipinski definition) is 1. The molecule has 0 unspecified atom stereocenters. The Hall–Kier alpha value is -1.16. The zero-order valence-corrected chi connectivity index (χ0v) is 10.8. The molecule has 16 heavy (non-hydrogen) atoms. The number of aromatic nitrogens is 2. The van der Waals surface area contributed by atoms with Crippen LogP contribution in [0.25, 0.3) is 10.9 Å². The molecule has 0 atom stereocenters. The number of rotatable bonds is 2. The summed E-state index contributed by atoms with van der Waals surface area (Å²) >= 11 is 3.25. The highest BCUT2D eigenvalue weighted by molar-refractivity contribution is 9.10. The van der Waals surface area contributed by atoms with Crippen molar-refractivity contribution in [3.05, 3.63) is 38.9 Å². The highest BCUT2D eigenvalue weighted by atomic mass is 79.9. The van der Waals surface area contributed by atoms with Crippen LogP contribution in [0.1, 0.15) is 19.5 Å². The van der Waals surface area contributed by atoms with Crippen molar-refractivity contribution in [2.24, 2.45) is 5.92 Å². The molecule has 0 aromatic carbocycles. The topological polar surface area (TPSA) is 45.8 Å². The standard InChI is InChI=1S/C12H13BrN2O/c1-7(2)5-11-8-6-9(13)12(16)15-10(8)3-4-14-11/h3-4,6-7H,5H2,1-2H3,(H,15,16). The van der Waals surface area contributed by atoms with E-state index in [0.29, 0.717) is 10.4 Å². The molecule has 3 nitrogen and oxygen atoms in total. The van der Waals surface area contributed by atoms with Gasteiger partial charge in [0.1, 0.15) is 0 Å². The van der Waals surface area contributed by atoms with Gasteiger partial charge >= 0.3 is 0 Å². The summed E-state index contributed by atoms with van der Waals surface area (Å²) in [5.41, 5.74) is 1.78. The Labute approximate surface area is 102 Å². The van der Waals surface area contributed by atoms with Crippen LogP contribution < -0.4 is 5.56 Å². The first-order valence-corrected chi connectivity index (χ1v) is 6.03. The molecule has 0 bridgehead atoms. The highest BCUT2D eigenvalue weighted by Crippen LogP contribution is 2.19. The van der Waals surface area contributed by atoms with Crippen LogP contribution in [0, 0.1) is 5.92 Å². The van der Waals surface area contributed by atoms with E-state index in [1.54, 1.807) is 6.20 Å². The Balaban J connectivity index is 2.67. The van der Waals surface area contributed by atoms with Crippen molar-refractivity contribution >= 4 is 26.8 Å². The average Bonchev–Trinajstić information content (AvgIpc) is 2.20. The van der Waals surface area contributed by atoms with E-state index in [2.05, 4.69) is 39.7 Å². The van der Waals surface area contributed by atoms with Crippen molar-refractivity contribution in [2.75, 3.05) is 0 Å². The Morgan fingerprint density at radius 3 is 2.94 bits per heavy atom. The number of nitrogens with one attached hydrogen (secondary N) is 1. The second-order valence-corrected chi connectivity index (χ2v) is 5.12. The summed E-state index contributed by atoms with van der Waals surface area (Å²) in [7, 11) is 0. The zero-order valence-electron chi connectivity index (χ0n) is 9.25. The summed E-state index contributed by atoms with van der Waals surface area (Å²) in [5.74, 6) is 0.545. The maximum Gasteiger partial charge on any atom is 0.262 e. The lowest BCUT2D eigenvalue weighted by atomic mass is 10.0. The quantitative estimate of drug-likeness (QED) is 0.920. The van der Waals surface area contributed by atoms with Crippen molar-refractivity contribution < 1.29 is 0 Å². The molecule has 0 saturated carbocycles. The van der Waals surface area contributed by atoms with Gasteiger partial charge in [0.05, 0.1) is 9.99 Å². The van der Waals surface area contributed by atoms with Gasteiger partial charge < -0.3 is 4.98 Å². The highest BCUT2D eigenvalue weighted by Gasteiger charge is 2.07. The predicted octanol–water partition coefficient (Wildman–Crippen LogP) is 2.88. The first kappa shape index (κ1) is 11.3. The summed E-state index contributed by atoms with van der Waals surface area (Å²) in [6.07, 6.45) is 2.65. The summed E-state index contributed by atoms with van der Waals surface area (Å²) in [4.78, 5) is 18.6. The molecule has 2 aromatic rings. The SMILES string of the molecule is CC(C)Cc1nccc2[nH]c(=O)c(Br)cc12. The van der Waals surface area contributed by atoms with E-state index in [4.69, 9.17) is 0 Å². The molecule has 1 N–H and O–H groups in total. The maximum atomic E-state index is 11.4. The Morgan fingerprint density at radius 1 is 1.50 bits per heavy atom. The van der Waals surface area contributed by atoms with Gasteiger partial charge in [0.25, 0.3) is 5.56 Å². The lowest BCUT2D eigenvalue weighted by Crippen LogP contribution is -2.08. The summed E-state index contributed by atoms with van der Waals surface area (Å²) < 4.78 is 0.554. The molecule has 0 aliphatic heterocycles. The number of halogens is 1. The zero-order chi connectivity index (χ0) is 11.7. The van der Waals surface area contributed by atoms with Crippen LogP contribution in [-0.2, 0) is 6.42 Å². The maximum absolute atomic E-state index is 11.4. The van der Waals surface area contributed by atoms with Crippen molar-refractivity contribution in [2.45, 2.75) is 20.3 Å². The molecule has 84 valence electrons. The fraction of sp³-hybridized carbons (Fsp3) is 0.333. The van der Waals surface area contributed by atoms with E-state index >= 15 is 0 Å². The lowest BCUT2D eigenvalue weighted by molar-refractivity contribution is 0.639. The van der Waals surface area contributed by atoms with Gasteiger partial charge in [-0.1, -0.05) is 13.8 Å². The number of nitrogens with zero attached hydrogens (tertiary/aromatic N) is 1. The molecule has 4 heteroatoms. The van der Waals surface area contributed by atoms with Gasteiger partial charge in [-0.15, -0.1) is 0 Å². The molecule has 0 saturated heterocycles. The fourth-order valence-electron chi connectivity index (χ4n) is 1.71. The lowest BCUT2D eigenvalue weighted by Gasteiger charge is -2.07. The number of aromatic amines is 1. The van der Waals surface area contributed by atoms with Gasteiger partial charge in [-0.05, 0) is 40.4 Å². The largest absolute Gasteiger partial charge is 0.321 e. The molecule has 0 aliphatic rings. The van der Waals surface area contributed by atoms with Crippen molar-refractivity contribution in [1.29, 1.82) is 0 Å². The predicted molar refractivity (Wildman–Crippen MR) is 68.6 cm³/mol. The van der Waals surface area contributed by atoms with Crippen molar-refractivity contribution in [3.63, 3.8) is 0 Å². The summed E-state index contributed by atoms with van der Waals surface area (Å²) in [5, 5.41) is 1.02. The van der Waals surface area contributed by atoms with Gasteiger partial charge in [-0.25, -0.2) is 0 Å². The van der Waals surface area contributed by atoms with Crippen LogP contribution in [0.5, 0.6) is 0 Å². The molecule has 2 rings (SSSR count). The number of hydrogen-bond acceptors (Lipinski definition) is 2. The first-order valence-electron chi connectivity index (χ1n) is 5.24. The fourth-order valence-corrected chi connectivity index (χ4v) is 2.04. The third-order valence-electron chi connectivity index (χ3n) is 2.41. The summed E-state index contributed by atoms with van der Waals surface area (Å²) in [6.45, 7) is 4.31. The molecule has 0 aliphatic carbocycles. The molecule has 0 amide bonds. The van der Waals surface area contributed by atoms with E-state index in [-0.39, 0.29) is 5.56 Å². The number of fused-ring (bicyclic) bond motifs is 1. The van der Waals surface area contributed by atoms with Crippen molar-refractivity contribution in [1.82, 2.24) is 9.97 Å². The van der Waals surface area contributed by atoms with Crippen molar-refractivity contribution in [3.8, 4) is 0 Å². The molecule has 2 heterocycles. The second-order valence-electron chi connectivity index (χ2n) is 4.26. The van der Waals surface area contributed by atoms with Gasteiger partial charge in [-0.3, -0.25) is 9.78 Å². The third-order valence-corrected chi connectivity index (χ3v) is 3.00. The Kier molecular flexibility index (Phi) is 3.10.